The van der Waals surface area contributed by atoms with Gasteiger partial charge in [0.05, 0.1) is 14.2 Å². The molecule has 0 aliphatic carbocycles. The Morgan fingerprint density at radius 2 is 1.68 bits per heavy atom. The molecule has 1 aromatic carbocycles. The molecule has 3 aromatic heterocycles. The van der Waals surface area contributed by atoms with Crippen molar-refractivity contribution in [3.8, 4) is 22.6 Å². The number of piperazine rings is 1. The summed E-state index contributed by atoms with van der Waals surface area (Å²) in [5.74, 6) is 2.14. The van der Waals surface area contributed by atoms with E-state index in [9.17, 15) is 4.79 Å². The van der Waals surface area contributed by atoms with Crippen LogP contribution < -0.4 is 9.47 Å². The van der Waals surface area contributed by atoms with Crippen LogP contribution in [0.2, 0.25) is 0 Å². The van der Waals surface area contributed by atoms with Crippen LogP contribution in [0.5, 0.6) is 11.5 Å². The highest BCUT2D eigenvalue weighted by Crippen LogP contribution is 2.34. The summed E-state index contributed by atoms with van der Waals surface area (Å²) in [6.45, 7) is 9.54. The second-order valence-electron chi connectivity index (χ2n) is 11.0. The van der Waals surface area contributed by atoms with Gasteiger partial charge in [-0.15, -0.1) is 5.10 Å². The van der Waals surface area contributed by atoms with Crippen LogP contribution in [-0.2, 0) is 11.2 Å². The van der Waals surface area contributed by atoms with Crippen molar-refractivity contribution in [1.82, 2.24) is 34.4 Å². The Kier molecular flexibility index (Phi) is 8.50. The second kappa shape index (κ2) is 12.1. The third-order valence-corrected chi connectivity index (χ3v) is 7.47. The van der Waals surface area contributed by atoms with Crippen molar-refractivity contribution in [2.75, 3.05) is 53.2 Å². The van der Waals surface area contributed by atoms with E-state index in [1.54, 1.807) is 19.1 Å². The van der Waals surface area contributed by atoms with Crippen molar-refractivity contribution in [3.63, 3.8) is 0 Å². The van der Waals surface area contributed by atoms with Gasteiger partial charge in [0, 0.05) is 55.8 Å². The van der Waals surface area contributed by atoms with Gasteiger partial charge in [-0.1, -0.05) is 11.8 Å². The first-order valence-corrected chi connectivity index (χ1v) is 14.9. The van der Waals surface area contributed by atoms with E-state index in [-0.39, 0.29) is 6.09 Å². The summed E-state index contributed by atoms with van der Waals surface area (Å²) in [5, 5.41) is 6.44. The molecule has 4 aromatic rings. The maximum absolute atomic E-state index is 12.4. The molecule has 5 rings (SSSR count). The van der Waals surface area contributed by atoms with Gasteiger partial charge in [-0.25, -0.2) is 19.7 Å². The molecule has 0 spiro atoms. The first-order valence-electron chi connectivity index (χ1n) is 13.7. The van der Waals surface area contributed by atoms with Gasteiger partial charge >= 0.3 is 6.09 Å². The standard InChI is InChI=1S/C29H37N7O4S/c1-29(2,3)40-28(37)35-12-10-34(11-13-35)9-7-8-24-31-26-23(19-14-21(38-4)17-22(15-19)39-5)16-20-18-30-27(41-6)32-25(20)36(26)33-24/h14-18H,7-13H2,1-6H3. The fourth-order valence-electron chi connectivity index (χ4n) is 4.86. The number of ether oxygens (including phenoxy) is 3. The first kappa shape index (κ1) is 28.9. The number of aryl methyl sites for hydroxylation is 1. The Hall–Kier alpha value is -3.64. The number of amides is 1. The average molecular weight is 580 g/mol. The minimum absolute atomic E-state index is 0.240. The van der Waals surface area contributed by atoms with Crippen molar-refractivity contribution in [2.45, 2.75) is 44.4 Å². The summed E-state index contributed by atoms with van der Waals surface area (Å²) in [6.07, 6.45) is 5.16. The number of benzene rings is 1. The molecule has 11 nitrogen and oxygen atoms in total. The quantitative estimate of drug-likeness (QED) is 0.218. The monoisotopic (exact) mass is 579 g/mol. The van der Waals surface area contributed by atoms with Crippen LogP contribution in [0.3, 0.4) is 0 Å². The zero-order valence-electron chi connectivity index (χ0n) is 24.5. The van der Waals surface area contributed by atoms with Crippen LogP contribution in [0.4, 0.5) is 4.79 Å². The Morgan fingerprint density at radius 3 is 2.32 bits per heavy atom. The van der Waals surface area contributed by atoms with Crippen LogP contribution in [0.25, 0.3) is 27.8 Å². The average Bonchev–Trinajstić information content (AvgIpc) is 3.40. The summed E-state index contributed by atoms with van der Waals surface area (Å²) < 4.78 is 18.4. The predicted octanol–water partition coefficient (Wildman–Crippen LogP) is 4.56. The minimum Gasteiger partial charge on any atom is -0.497 e. The van der Waals surface area contributed by atoms with E-state index in [4.69, 9.17) is 29.3 Å². The lowest BCUT2D eigenvalue weighted by Gasteiger charge is -2.35. The molecule has 218 valence electrons. The third-order valence-electron chi connectivity index (χ3n) is 6.91. The molecule has 1 amide bonds. The van der Waals surface area contributed by atoms with Crippen LogP contribution >= 0.6 is 11.8 Å². The predicted molar refractivity (Wildman–Crippen MR) is 159 cm³/mol. The molecule has 1 saturated heterocycles. The lowest BCUT2D eigenvalue weighted by atomic mass is 10.0. The molecule has 0 N–H and O–H groups in total. The van der Waals surface area contributed by atoms with Gasteiger partial charge in [0.25, 0.3) is 0 Å². The van der Waals surface area contributed by atoms with E-state index in [0.29, 0.717) is 29.7 Å². The van der Waals surface area contributed by atoms with Crippen molar-refractivity contribution in [3.05, 3.63) is 36.3 Å². The highest BCUT2D eigenvalue weighted by molar-refractivity contribution is 7.98. The number of hydrogen-bond donors (Lipinski definition) is 0. The Labute approximate surface area is 244 Å². The zero-order chi connectivity index (χ0) is 29.1. The normalized spacial score (nSPS) is 14.5. The third kappa shape index (κ3) is 6.65. The van der Waals surface area contributed by atoms with Gasteiger partial charge in [-0.05, 0) is 63.8 Å². The number of fused-ring (bicyclic) bond motifs is 3. The van der Waals surface area contributed by atoms with Crippen molar-refractivity contribution in [2.24, 2.45) is 0 Å². The molecule has 0 unspecified atom stereocenters. The number of hydrogen-bond acceptors (Lipinski definition) is 10. The highest BCUT2D eigenvalue weighted by Gasteiger charge is 2.26. The largest absolute Gasteiger partial charge is 0.497 e. The fraction of sp³-hybridized carbons (Fsp3) is 0.483. The van der Waals surface area contributed by atoms with E-state index in [1.165, 1.54) is 11.8 Å². The summed E-state index contributed by atoms with van der Waals surface area (Å²) in [7, 11) is 3.28. The molecule has 0 bridgehead atoms. The lowest BCUT2D eigenvalue weighted by molar-refractivity contribution is 0.0144. The number of rotatable bonds is 8. The van der Waals surface area contributed by atoms with Crippen LogP contribution in [0, 0.1) is 0 Å². The maximum atomic E-state index is 12.4. The van der Waals surface area contributed by atoms with E-state index >= 15 is 0 Å². The Morgan fingerprint density at radius 1 is 0.976 bits per heavy atom. The number of thioether (sulfide) groups is 1. The molecular formula is C29H37N7O4S. The Balaban J connectivity index is 1.36. The van der Waals surface area contributed by atoms with Gasteiger partial charge in [0.2, 0.25) is 0 Å². The number of methoxy groups -OCH3 is 2. The maximum Gasteiger partial charge on any atom is 0.410 e. The molecule has 0 atom stereocenters. The van der Waals surface area contributed by atoms with E-state index < -0.39 is 5.60 Å². The van der Waals surface area contributed by atoms with Gasteiger partial charge in [-0.3, -0.25) is 4.90 Å². The number of aromatic nitrogens is 5. The molecule has 1 fully saturated rings. The molecule has 1 aliphatic heterocycles. The number of nitrogens with zero attached hydrogens (tertiary/aromatic N) is 7. The van der Waals surface area contributed by atoms with E-state index in [2.05, 4.69) is 9.88 Å². The molecule has 4 heterocycles. The van der Waals surface area contributed by atoms with Gasteiger partial charge in [-0.2, -0.15) is 4.52 Å². The van der Waals surface area contributed by atoms with Crippen LogP contribution in [-0.4, -0.2) is 99.3 Å². The zero-order valence-corrected chi connectivity index (χ0v) is 25.3. The highest BCUT2D eigenvalue weighted by atomic mass is 32.2. The van der Waals surface area contributed by atoms with E-state index in [0.717, 1.165) is 66.1 Å². The fourth-order valence-corrected chi connectivity index (χ4v) is 5.19. The molecule has 0 saturated carbocycles. The minimum atomic E-state index is -0.484. The number of pyridine rings is 1. The summed E-state index contributed by atoms with van der Waals surface area (Å²) in [5.41, 5.74) is 2.76. The molecule has 12 heteroatoms. The lowest BCUT2D eigenvalue weighted by Crippen LogP contribution is -2.50. The van der Waals surface area contributed by atoms with E-state index in [1.807, 2.05) is 62.0 Å². The van der Waals surface area contributed by atoms with Crippen molar-refractivity contribution in [1.29, 1.82) is 0 Å². The summed E-state index contributed by atoms with van der Waals surface area (Å²) in [4.78, 5) is 30.7. The summed E-state index contributed by atoms with van der Waals surface area (Å²) in [6, 6.07) is 7.82. The second-order valence-corrected chi connectivity index (χ2v) is 11.7. The van der Waals surface area contributed by atoms with Crippen molar-refractivity contribution >= 4 is 34.5 Å². The van der Waals surface area contributed by atoms with Crippen molar-refractivity contribution < 1.29 is 19.0 Å². The molecule has 0 radical (unpaired) electrons. The topological polar surface area (TPSA) is 107 Å². The van der Waals surface area contributed by atoms with Crippen LogP contribution in [0.1, 0.15) is 33.0 Å². The van der Waals surface area contributed by atoms with Gasteiger partial charge < -0.3 is 19.1 Å². The number of carbonyl (C=O) groups excluding carboxylic acids is 1. The molecular weight excluding hydrogens is 542 g/mol. The Bertz CT molecular complexity index is 1520. The first-order chi connectivity index (χ1) is 19.7. The van der Waals surface area contributed by atoms with Gasteiger partial charge in [0.1, 0.15) is 17.1 Å². The number of carbonyl (C=O) groups is 1. The summed E-state index contributed by atoms with van der Waals surface area (Å²) >= 11 is 1.49. The SMILES string of the molecule is COc1cc(OC)cc(-c2cc3cnc(SC)nc3n3nc(CCCN4CCN(C(=O)OC(C)(C)C)CC4)nc23)c1. The smallest absolute Gasteiger partial charge is 0.410 e. The van der Waals surface area contributed by atoms with Crippen LogP contribution in [0.15, 0.2) is 35.6 Å². The molecule has 1 aliphatic rings. The molecule has 41 heavy (non-hydrogen) atoms. The van der Waals surface area contributed by atoms with Gasteiger partial charge in [0.15, 0.2) is 22.3 Å².